The van der Waals surface area contributed by atoms with E-state index in [-0.39, 0.29) is 17.9 Å². The number of carbonyl (C=O) groups is 2. The molecule has 1 saturated carbocycles. The fourth-order valence-electron chi connectivity index (χ4n) is 4.08. The highest BCUT2D eigenvalue weighted by atomic mass is 32.2. The average molecular weight is 438 g/mol. The zero-order chi connectivity index (χ0) is 21.3. The van der Waals surface area contributed by atoms with Crippen LogP contribution in [0.1, 0.15) is 36.8 Å². The van der Waals surface area contributed by atoms with Crippen LogP contribution in [0.3, 0.4) is 0 Å². The summed E-state index contributed by atoms with van der Waals surface area (Å²) in [6, 6.07) is 16.5. The average Bonchev–Trinajstić information content (AvgIpc) is 3.01. The first-order valence-corrected chi connectivity index (χ1v) is 11.3. The SMILES string of the molecule is Cc1ccc(-c2cccc(C=C3SC(=S)N(C4CCC(C(=O)O)CC4)C3=O)c2)cc1. The molecule has 0 bridgehead atoms. The van der Waals surface area contributed by atoms with Crippen molar-refractivity contribution in [3.05, 3.63) is 64.6 Å². The van der Waals surface area contributed by atoms with E-state index in [0.717, 1.165) is 16.7 Å². The van der Waals surface area contributed by atoms with Crippen molar-refractivity contribution in [1.29, 1.82) is 0 Å². The smallest absolute Gasteiger partial charge is 0.306 e. The van der Waals surface area contributed by atoms with Crippen LogP contribution in [0.25, 0.3) is 17.2 Å². The van der Waals surface area contributed by atoms with E-state index in [0.29, 0.717) is 34.9 Å². The number of thioether (sulfide) groups is 1. The van der Waals surface area contributed by atoms with Gasteiger partial charge in [-0.2, -0.15) is 0 Å². The molecule has 4 rings (SSSR count). The molecule has 2 aromatic carbocycles. The zero-order valence-corrected chi connectivity index (χ0v) is 18.3. The number of carbonyl (C=O) groups excluding carboxylic acids is 1. The van der Waals surface area contributed by atoms with Gasteiger partial charge in [-0.25, -0.2) is 0 Å². The predicted octanol–water partition coefficient (Wildman–Crippen LogP) is 5.51. The van der Waals surface area contributed by atoms with Crippen LogP contribution >= 0.6 is 24.0 Å². The molecule has 2 aliphatic rings. The number of rotatable bonds is 4. The lowest BCUT2D eigenvalue weighted by Gasteiger charge is -2.32. The van der Waals surface area contributed by atoms with Crippen molar-refractivity contribution in [3.63, 3.8) is 0 Å². The number of carboxylic acid groups (broad SMARTS) is 1. The quantitative estimate of drug-likeness (QED) is 0.505. The van der Waals surface area contributed by atoms with Crippen LogP contribution in [-0.2, 0) is 9.59 Å². The fourth-order valence-corrected chi connectivity index (χ4v) is 5.48. The van der Waals surface area contributed by atoms with E-state index in [2.05, 4.69) is 43.3 Å². The van der Waals surface area contributed by atoms with Gasteiger partial charge in [0, 0.05) is 6.04 Å². The molecule has 2 aromatic rings. The van der Waals surface area contributed by atoms with Gasteiger partial charge in [-0.1, -0.05) is 72.0 Å². The fraction of sp³-hybridized carbons (Fsp3) is 0.292. The Morgan fingerprint density at radius 1 is 1.10 bits per heavy atom. The number of thiocarbonyl (C=S) groups is 1. The van der Waals surface area contributed by atoms with Gasteiger partial charge in [0.2, 0.25) is 0 Å². The van der Waals surface area contributed by atoms with Gasteiger partial charge in [0.25, 0.3) is 5.91 Å². The van der Waals surface area contributed by atoms with E-state index in [4.69, 9.17) is 12.2 Å². The Morgan fingerprint density at radius 2 is 1.80 bits per heavy atom. The summed E-state index contributed by atoms with van der Waals surface area (Å²) in [5.41, 5.74) is 4.42. The van der Waals surface area contributed by atoms with Crippen molar-refractivity contribution in [2.45, 2.75) is 38.6 Å². The number of hydrogen-bond donors (Lipinski definition) is 1. The number of aliphatic carboxylic acids is 1. The summed E-state index contributed by atoms with van der Waals surface area (Å²) in [6.45, 7) is 2.07. The van der Waals surface area contributed by atoms with Crippen molar-refractivity contribution in [2.24, 2.45) is 5.92 Å². The highest BCUT2D eigenvalue weighted by molar-refractivity contribution is 8.26. The van der Waals surface area contributed by atoms with E-state index >= 15 is 0 Å². The van der Waals surface area contributed by atoms with Gasteiger partial charge in [-0.3, -0.25) is 14.5 Å². The molecule has 0 spiro atoms. The summed E-state index contributed by atoms with van der Waals surface area (Å²) >= 11 is 6.83. The minimum absolute atomic E-state index is 0.00195. The number of carboxylic acids is 1. The van der Waals surface area contributed by atoms with Crippen LogP contribution in [0.2, 0.25) is 0 Å². The topological polar surface area (TPSA) is 57.6 Å². The van der Waals surface area contributed by atoms with Crippen LogP contribution < -0.4 is 0 Å². The Hall–Kier alpha value is -2.44. The van der Waals surface area contributed by atoms with Crippen molar-refractivity contribution >= 4 is 46.3 Å². The lowest BCUT2D eigenvalue weighted by Crippen LogP contribution is -2.41. The number of aryl methyl sites for hydroxylation is 1. The molecule has 30 heavy (non-hydrogen) atoms. The molecule has 0 unspecified atom stereocenters. The Balaban J connectivity index is 1.52. The molecule has 6 heteroatoms. The van der Waals surface area contributed by atoms with E-state index in [1.165, 1.54) is 17.3 Å². The van der Waals surface area contributed by atoms with Gasteiger partial charge in [-0.15, -0.1) is 0 Å². The van der Waals surface area contributed by atoms with Crippen molar-refractivity contribution < 1.29 is 14.7 Å². The third-order valence-electron chi connectivity index (χ3n) is 5.80. The largest absolute Gasteiger partial charge is 0.481 e. The molecule has 1 aliphatic heterocycles. The third kappa shape index (κ3) is 4.35. The summed E-state index contributed by atoms with van der Waals surface area (Å²) in [4.78, 5) is 26.6. The van der Waals surface area contributed by atoms with Gasteiger partial charge >= 0.3 is 5.97 Å². The molecule has 1 aliphatic carbocycles. The first-order valence-electron chi connectivity index (χ1n) is 10.1. The molecule has 0 aromatic heterocycles. The third-order valence-corrected chi connectivity index (χ3v) is 7.13. The number of amides is 1. The second-order valence-corrected chi connectivity index (χ2v) is 9.56. The van der Waals surface area contributed by atoms with Gasteiger partial charge in [0.15, 0.2) is 0 Å². The maximum Gasteiger partial charge on any atom is 0.306 e. The van der Waals surface area contributed by atoms with Gasteiger partial charge in [0.05, 0.1) is 10.8 Å². The summed E-state index contributed by atoms with van der Waals surface area (Å²) in [6.07, 6.45) is 4.45. The van der Waals surface area contributed by atoms with Crippen LogP contribution in [0.4, 0.5) is 0 Å². The van der Waals surface area contributed by atoms with Gasteiger partial charge in [0.1, 0.15) is 4.32 Å². The molecule has 0 atom stereocenters. The Labute approximate surface area is 186 Å². The second-order valence-electron chi connectivity index (χ2n) is 7.89. The van der Waals surface area contributed by atoms with Crippen molar-refractivity contribution in [2.75, 3.05) is 0 Å². The highest BCUT2D eigenvalue weighted by Crippen LogP contribution is 2.38. The van der Waals surface area contributed by atoms with E-state index in [1.807, 2.05) is 18.2 Å². The lowest BCUT2D eigenvalue weighted by atomic mass is 9.85. The van der Waals surface area contributed by atoms with Gasteiger partial charge in [-0.05, 0) is 61.4 Å². The molecule has 2 fully saturated rings. The van der Waals surface area contributed by atoms with E-state index in [1.54, 1.807) is 4.90 Å². The van der Waals surface area contributed by atoms with Crippen molar-refractivity contribution in [1.82, 2.24) is 4.90 Å². The molecule has 0 radical (unpaired) electrons. The maximum absolute atomic E-state index is 13.1. The molecular weight excluding hydrogens is 414 g/mol. The maximum atomic E-state index is 13.1. The standard InChI is InChI=1S/C24H23NO3S2/c1-15-5-7-17(8-6-15)19-4-2-3-16(13-19)14-21-22(26)25(24(29)30-21)20-11-9-18(10-12-20)23(27)28/h2-8,13-14,18,20H,9-12H2,1H3,(H,27,28). The Kier molecular flexibility index (Phi) is 6.06. The summed E-state index contributed by atoms with van der Waals surface area (Å²) < 4.78 is 0.569. The Bertz CT molecular complexity index is 1020. The second kappa shape index (κ2) is 8.74. The van der Waals surface area contributed by atoms with Crippen LogP contribution in [0, 0.1) is 12.8 Å². The zero-order valence-electron chi connectivity index (χ0n) is 16.7. The minimum atomic E-state index is -0.743. The van der Waals surface area contributed by atoms with E-state index in [9.17, 15) is 14.7 Å². The highest BCUT2D eigenvalue weighted by Gasteiger charge is 2.39. The molecule has 1 saturated heterocycles. The number of hydrogen-bond acceptors (Lipinski definition) is 4. The first kappa shape index (κ1) is 20.8. The lowest BCUT2D eigenvalue weighted by molar-refractivity contribution is -0.143. The molecule has 1 amide bonds. The minimum Gasteiger partial charge on any atom is -0.481 e. The monoisotopic (exact) mass is 437 g/mol. The van der Waals surface area contributed by atoms with E-state index < -0.39 is 5.97 Å². The summed E-state index contributed by atoms with van der Waals surface area (Å²) in [5, 5.41) is 9.20. The number of benzene rings is 2. The van der Waals surface area contributed by atoms with Gasteiger partial charge < -0.3 is 5.11 Å². The molecule has 4 nitrogen and oxygen atoms in total. The first-order chi connectivity index (χ1) is 14.4. The molecule has 154 valence electrons. The van der Waals surface area contributed by atoms with Crippen molar-refractivity contribution in [3.8, 4) is 11.1 Å². The number of nitrogens with zero attached hydrogens (tertiary/aromatic N) is 1. The van der Waals surface area contributed by atoms with Crippen LogP contribution in [-0.4, -0.2) is 32.2 Å². The normalized spacial score (nSPS) is 23.2. The summed E-state index contributed by atoms with van der Waals surface area (Å²) in [5.74, 6) is -1.11. The Morgan fingerprint density at radius 3 is 2.47 bits per heavy atom. The predicted molar refractivity (Wildman–Crippen MR) is 125 cm³/mol. The van der Waals surface area contributed by atoms with Crippen LogP contribution in [0.5, 0.6) is 0 Å². The molecular formula is C24H23NO3S2. The van der Waals surface area contributed by atoms with Crippen LogP contribution in [0.15, 0.2) is 53.4 Å². The molecule has 1 N–H and O–H groups in total. The molecule has 1 heterocycles. The summed E-state index contributed by atoms with van der Waals surface area (Å²) in [7, 11) is 0.